The number of amides is 1. The first kappa shape index (κ1) is 13.5. The molecule has 3 heteroatoms. The highest BCUT2D eigenvalue weighted by atomic mass is 16.2. The Balaban J connectivity index is 2.49. The molecule has 1 fully saturated rings. The molecule has 3 N–H and O–H groups in total. The Bertz CT molecular complexity index is 268. The van der Waals surface area contributed by atoms with Crippen LogP contribution in [0.25, 0.3) is 0 Å². The van der Waals surface area contributed by atoms with Crippen LogP contribution < -0.4 is 11.1 Å². The summed E-state index contributed by atoms with van der Waals surface area (Å²) in [5.41, 5.74) is 6.22. The van der Waals surface area contributed by atoms with Gasteiger partial charge in [-0.15, -0.1) is 0 Å². The van der Waals surface area contributed by atoms with Gasteiger partial charge in [-0.05, 0) is 23.2 Å². The molecule has 0 aromatic rings. The topological polar surface area (TPSA) is 55.1 Å². The van der Waals surface area contributed by atoms with Gasteiger partial charge in [0.05, 0.1) is 6.04 Å². The summed E-state index contributed by atoms with van der Waals surface area (Å²) in [6.45, 7) is 12.9. The minimum Gasteiger partial charge on any atom is -0.351 e. The second kappa shape index (κ2) is 4.02. The van der Waals surface area contributed by atoms with Crippen LogP contribution in [0.4, 0.5) is 0 Å². The fraction of sp³-hybridized carbons (Fsp3) is 0.923. The molecule has 0 aromatic carbocycles. The molecule has 0 saturated heterocycles. The molecule has 1 rings (SSSR count). The summed E-state index contributed by atoms with van der Waals surface area (Å²) in [5, 5.41) is 3.08. The van der Waals surface area contributed by atoms with E-state index in [0.717, 1.165) is 6.42 Å². The monoisotopic (exact) mass is 226 g/mol. The fourth-order valence-electron chi connectivity index (χ4n) is 2.42. The molecule has 16 heavy (non-hydrogen) atoms. The van der Waals surface area contributed by atoms with Crippen molar-refractivity contribution >= 4 is 5.91 Å². The van der Waals surface area contributed by atoms with Crippen molar-refractivity contribution in [2.24, 2.45) is 22.5 Å². The highest BCUT2D eigenvalue weighted by Crippen LogP contribution is 2.62. The number of rotatable bonds is 4. The van der Waals surface area contributed by atoms with Crippen molar-refractivity contribution in [2.75, 3.05) is 0 Å². The van der Waals surface area contributed by atoms with Gasteiger partial charge in [-0.25, -0.2) is 0 Å². The summed E-state index contributed by atoms with van der Waals surface area (Å²) in [6, 6.07) is -0.113. The van der Waals surface area contributed by atoms with Gasteiger partial charge in [-0.3, -0.25) is 4.79 Å². The van der Waals surface area contributed by atoms with Crippen LogP contribution in [0.1, 0.15) is 48.0 Å². The van der Waals surface area contributed by atoms with Gasteiger partial charge in [0.15, 0.2) is 0 Å². The van der Waals surface area contributed by atoms with Gasteiger partial charge >= 0.3 is 0 Å². The van der Waals surface area contributed by atoms with E-state index in [0.29, 0.717) is 5.92 Å². The molecule has 3 nitrogen and oxygen atoms in total. The Morgan fingerprint density at radius 1 is 1.25 bits per heavy atom. The van der Waals surface area contributed by atoms with E-state index in [1.165, 1.54) is 0 Å². The zero-order valence-corrected chi connectivity index (χ0v) is 11.4. The van der Waals surface area contributed by atoms with Crippen molar-refractivity contribution < 1.29 is 4.79 Å². The number of nitrogens with one attached hydrogen (secondary N) is 1. The van der Waals surface area contributed by atoms with Crippen LogP contribution in [-0.2, 0) is 4.79 Å². The van der Waals surface area contributed by atoms with Gasteiger partial charge in [0.2, 0.25) is 5.91 Å². The number of carbonyl (C=O) groups is 1. The van der Waals surface area contributed by atoms with Crippen LogP contribution in [0.15, 0.2) is 0 Å². The average molecular weight is 226 g/mol. The van der Waals surface area contributed by atoms with Crippen molar-refractivity contribution in [3.63, 3.8) is 0 Å². The maximum atomic E-state index is 11.9. The van der Waals surface area contributed by atoms with Crippen LogP contribution in [0.2, 0.25) is 0 Å². The molecule has 0 unspecified atom stereocenters. The lowest BCUT2D eigenvalue weighted by molar-refractivity contribution is -0.123. The number of hydrogen-bond donors (Lipinski definition) is 2. The highest BCUT2D eigenvalue weighted by molar-refractivity contribution is 5.82. The quantitative estimate of drug-likeness (QED) is 0.769. The number of carbonyl (C=O) groups excluding carboxylic acids is 1. The predicted octanol–water partition coefficient (Wildman–Crippen LogP) is 1.91. The van der Waals surface area contributed by atoms with Gasteiger partial charge < -0.3 is 11.1 Å². The number of hydrogen-bond acceptors (Lipinski definition) is 2. The average Bonchev–Trinajstić information content (AvgIpc) is 2.46. The Kier molecular flexibility index (Phi) is 3.39. The van der Waals surface area contributed by atoms with Crippen molar-refractivity contribution in [1.82, 2.24) is 5.32 Å². The van der Waals surface area contributed by atoms with Gasteiger partial charge in [-0.1, -0.05) is 41.5 Å². The normalized spacial score (nSPS) is 24.2. The fourth-order valence-corrected chi connectivity index (χ4v) is 2.42. The minimum atomic E-state index is -0.368. The standard InChI is InChI=1S/C13H26N2O/c1-8(2)7-9(14)10(16)15-11-12(3,4)13(11,5)6/h8-9,11H,7,14H2,1-6H3,(H,15,16)/t9-/m1/s1. The molecule has 0 radical (unpaired) electrons. The first-order valence-electron chi connectivity index (χ1n) is 6.16. The van der Waals surface area contributed by atoms with Gasteiger partial charge in [0, 0.05) is 6.04 Å². The summed E-state index contributed by atoms with van der Waals surface area (Å²) < 4.78 is 0. The smallest absolute Gasteiger partial charge is 0.237 e. The van der Waals surface area contributed by atoms with E-state index in [1.807, 2.05) is 0 Å². The third-order valence-electron chi connectivity index (χ3n) is 4.37. The third-order valence-corrected chi connectivity index (χ3v) is 4.37. The Morgan fingerprint density at radius 3 is 2.00 bits per heavy atom. The molecule has 0 spiro atoms. The SMILES string of the molecule is CC(C)C[C@@H](N)C(=O)NC1C(C)(C)C1(C)C. The summed E-state index contributed by atoms with van der Waals surface area (Å²) in [4.78, 5) is 11.9. The lowest BCUT2D eigenvalue weighted by Gasteiger charge is -2.15. The number of nitrogens with two attached hydrogens (primary N) is 1. The van der Waals surface area contributed by atoms with E-state index >= 15 is 0 Å². The van der Waals surface area contributed by atoms with E-state index in [9.17, 15) is 4.79 Å². The molecule has 1 atom stereocenters. The molecule has 1 aliphatic rings. The maximum absolute atomic E-state index is 11.9. The van der Waals surface area contributed by atoms with E-state index in [1.54, 1.807) is 0 Å². The van der Waals surface area contributed by atoms with Gasteiger partial charge in [0.25, 0.3) is 0 Å². The third kappa shape index (κ3) is 2.24. The molecular weight excluding hydrogens is 200 g/mol. The molecule has 1 aliphatic carbocycles. The molecule has 0 aliphatic heterocycles. The molecule has 94 valence electrons. The second-order valence-electron chi connectivity index (χ2n) is 6.62. The Morgan fingerprint density at radius 2 is 1.69 bits per heavy atom. The van der Waals surface area contributed by atoms with Crippen LogP contribution >= 0.6 is 0 Å². The largest absolute Gasteiger partial charge is 0.351 e. The van der Waals surface area contributed by atoms with E-state index in [2.05, 4.69) is 46.9 Å². The molecule has 1 amide bonds. The zero-order chi connectivity index (χ0) is 12.7. The van der Waals surface area contributed by atoms with Crippen LogP contribution in [0, 0.1) is 16.7 Å². The van der Waals surface area contributed by atoms with E-state index in [4.69, 9.17) is 5.73 Å². The predicted molar refractivity (Wildman–Crippen MR) is 66.9 cm³/mol. The van der Waals surface area contributed by atoms with Crippen molar-refractivity contribution in [3.05, 3.63) is 0 Å². The van der Waals surface area contributed by atoms with Crippen LogP contribution in [0.3, 0.4) is 0 Å². The zero-order valence-electron chi connectivity index (χ0n) is 11.4. The Hall–Kier alpha value is -0.570. The van der Waals surface area contributed by atoms with Crippen molar-refractivity contribution in [1.29, 1.82) is 0 Å². The summed E-state index contributed by atoms with van der Waals surface area (Å²) in [6.07, 6.45) is 0.749. The van der Waals surface area contributed by atoms with E-state index in [-0.39, 0.29) is 28.8 Å². The molecule has 0 aromatic heterocycles. The van der Waals surface area contributed by atoms with Crippen molar-refractivity contribution in [3.8, 4) is 0 Å². The summed E-state index contributed by atoms with van der Waals surface area (Å²) in [7, 11) is 0. The maximum Gasteiger partial charge on any atom is 0.237 e. The molecular formula is C13H26N2O. The van der Waals surface area contributed by atoms with Gasteiger partial charge in [-0.2, -0.15) is 0 Å². The highest BCUT2D eigenvalue weighted by Gasteiger charge is 2.65. The minimum absolute atomic E-state index is 0.00245. The first-order chi connectivity index (χ1) is 7.10. The molecule has 1 saturated carbocycles. The van der Waals surface area contributed by atoms with Gasteiger partial charge in [0.1, 0.15) is 0 Å². The molecule has 0 heterocycles. The summed E-state index contributed by atoms with van der Waals surface area (Å²) in [5.74, 6) is 0.457. The lowest BCUT2D eigenvalue weighted by atomic mass is 10.0. The summed E-state index contributed by atoms with van der Waals surface area (Å²) >= 11 is 0. The van der Waals surface area contributed by atoms with Crippen LogP contribution in [-0.4, -0.2) is 18.0 Å². The van der Waals surface area contributed by atoms with E-state index < -0.39 is 0 Å². The molecule has 0 bridgehead atoms. The van der Waals surface area contributed by atoms with Crippen molar-refractivity contribution in [2.45, 2.75) is 60.0 Å². The first-order valence-corrected chi connectivity index (χ1v) is 6.16. The van der Waals surface area contributed by atoms with Crippen LogP contribution in [0.5, 0.6) is 0 Å². The second-order valence-corrected chi connectivity index (χ2v) is 6.62. The Labute approximate surface area is 99.2 Å². The lowest BCUT2D eigenvalue weighted by Crippen LogP contribution is -2.43.